The number of carbonyl (C=O) groups excluding carboxylic acids is 1. The number of carbonyl (C=O) groups is 1. The summed E-state index contributed by atoms with van der Waals surface area (Å²) in [5.41, 5.74) is 2.24. The molecular weight excluding hydrogens is 472 g/mol. The van der Waals surface area contributed by atoms with Crippen molar-refractivity contribution in [3.63, 3.8) is 0 Å². The summed E-state index contributed by atoms with van der Waals surface area (Å²) < 4.78 is 2.39. The highest BCUT2D eigenvalue weighted by atomic mass is 79.9. The quantitative estimate of drug-likeness (QED) is 0.281. The predicted molar refractivity (Wildman–Crippen MR) is 130 cm³/mol. The lowest BCUT2D eigenvalue weighted by atomic mass is 10.0. The van der Waals surface area contributed by atoms with Crippen molar-refractivity contribution >= 4 is 54.0 Å². The Balaban J connectivity index is 1.56. The number of hydrogen-bond acceptors (Lipinski definition) is 4. The summed E-state index contributed by atoms with van der Waals surface area (Å²) >= 11 is 4.95. The van der Waals surface area contributed by atoms with Crippen molar-refractivity contribution < 1.29 is 4.79 Å². The van der Waals surface area contributed by atoms with Gasteiger partial charge in [-0.2, -0.15) is 0 Å². The van der Waals surface area contributed by atoms with Gasteiger partial charge in [-0.25, -0.2) is 4.98 Å². The zero-order valence-corrected chi connectivity index (χ0v) is 19.0. The molecule has 0 N–H and O–H groups in total. The second kappa shape index (κ2) is 7.87. The standard InChI is InChI=1S/C25H17BrN2O2S/c1-15-22(17-8-10-20(26)11-9-17)23-24(31-15)27-14-28(25(23)30)13-21(29)19-7-6-16-4-2-3-5-18(16)12-19/h2-12,14H,13H2,1H3. The molecule has 5 rings (SSSR count). The van der Waals surface area contributed by atoms with Gasteiger partial charge >= 0.3 is 0 Å². The molecule has 31 heavy (non-hydrogen) atoms. The molecule has 0 spiro atoms. The predicted octanol–water partition coefficient (Wildman–Crippen LogP) is 6.23. The van der Waals surface area contributed by atoms with E-state index in [0.717, 1.165) is 31.2 Å². The SMILES string of the molecule is Cc1sc2ncn(CC(=O)c3ccc4ccccc4c3)c(=O)c2c1-c1ccc(Br)cc1. The highest BCUT2D eigenvalue weighted by molar-refractivity contribution is 9.10. The van der Waals surface area contributed by atoms with Crippen LogP contribution in [-0.4, -0.2) is 15.3 Å². The minimum absolute atomic E-state index is 0.0468. The summed E-state index contributed by atoms with van der Waals surface area (Å²) in [6.07, 6.45) is 1.48. The number of hydrogen-bond donors (Lipinski definition) is 0. The fourth-order valence-corrected chi connectivity index (χ4v) is 5.09. The molecule has 4 nitrogen and oxygen atoms in total. The lowest BCUT2D eigenvalue weighted by Gasteiger charge is -2.07. The van der Waals surface area contributed by atoms with Crippen molar-refractivity contribution in [3.8, 4) is 11.1 Å². The smallest absolute Gasteiger partial charge is 0.263 e. The Kier molecular flexibility index (Phi) is 5.04. The summed E-state index contributed by atoms with van der Waals surface area (Å²) in [7, 11) is 0. The molecule has 5 aromatic rings. The van der Waals surface area contributed by atoms with Crippen molar-refractivity contribution in [3.05, 3.63) is 98.3 Å². The largest absolute Gasteiger partial charge is 0.292 e. The van der Waals surface area contributed by atoms with Crippen LogP contribution in [0.5, 0.6) is 0 Å². The third kappa shape index (κ3) is 3.62. The molecule has 6 heteroatoms. The van der Waals surface area contributed by atoms with Crippen LogP contribution >= 0.6 is 27.3 Å². The first kappa shape index (κ1) is 19.8. The maximum Gasteiger partial charge on any atom is 0.263 e. The highest BCUT2D eigenvalue weighted by Gasteiger charge is 2.18. The van der Waals surface area contributed by atoms with Crippen LogP contribution in [0, 0.1) is 6.92 Å². The van der Waals surface area contributed by atoms with E-state index in [0.29, 0.717) is 15.8 Å². The summed E-state index contributed by atoms with van der Waals surface area (Å²) in [5.74, 6) is -0.119. The van der Waals surface area contributed by atoms with Gasteiger partial charge in [0.25, 0.3) is 5.56 Å². The molecule has 0 fully saturated rings. The normalized spacial score (nSPS) is 11.3. The summed E-state index contributed by atoms with van der Waals surface area (Å²) in [6.45, 7) is 1.95. The van der Waals surface area contributed by atoms with E-state index >= 15 is 0 Å². The van der Waals surface area contributed by atoms with Crippen molar-refractivity contribution in [2.75, 3.05) is 0 Å². The Morgan fingerprint density at radius 3 is 2.55 bits per heavy atom. The maximum absolute atomic E-state index is 13.4. The number of aryl methyl sites for hydroxylation is 1. The van der Waals surface area contributed by atoms with Gasteiger partial charge in [0.15, 0.2) is 5.78 Å². The molecule has 0 amide bonds. The van der Waals surface area contributed by atoms with Crippen molar-refractivity contribution in [1.82, 2.24) is 9.55 Å². The molecule has 0 unspecified atom stereocenters. The van der Waals surface area contributed by atoms with Gasteiger partial charge < -0.3 is 0 Å². The summed E-state index contributed by atoms with van der Waals surface area (Å²) in [6, 6.07) is 21.4. The number of aromatic nitrogens is 2. The van der Waals surface area contributed by atoms with Gasteiger partial charge in [-0.05, 0) is 41.5 Å². The molecule has 0 radical (unpaired) electrons. The number of ketones is 1. The van der Waals surface area contributed by atoms with Crippen LogP contribution in [0.2, 0.25) is 0 Å². The number of halogens is 1. The van der Waals surface area contributed by atoms with Gasteiger partial charge in [-0.1, -0.05) is 64.5 Å². The lowest BCUT2D eigenvalue weighted by molar-refractivity contribution is 0.0971. The molecule has 0 aliphatic carbocycles. The van der Waals surface area contributed by atoms with Crippen molar-refractivity contribution in [2.45, 2.75) is 13.5 Å². The van der Waals surface area contributed by atoms with Crippen LogP contribution in [0.25, 0.3) is 32.1 Å². The summed E-state index contributed by atoms with van der Waals surface area (Å²) in [4.78, 5) is 32.5. The van der Waals surface area contributed by atoms with Crippen LogP contribution in [0.4, 0.5) is 0 Å². The molecule has 0 aliphatic rings. The van der Waals surface area contributed by atoms with Crippen LogP contribution < -0.4 is 5.56 Å². The molecular formula is C25H17BrN2O2S. The number of thiophene rings is 1. The Morgan fingerprint density at radius 1 is 1.03 bits per heavy atom. The van der Waals surface area contributed by atoms with Crippen molar-refractivity contribution in [2.24, 2.45) is 0 Å². The molecule has 3 aromatic carbocycles. The average Bonchev–Trinajstić information content (AvgIpc) is 3.12. The Morgan fingerprint density at radius 2 is 1.77 bits per heavy atom. The van der Waals surface area contributed by atoms with E-state index in [9.17, 15) is 9.59 Å². The van der Waals surface area contributed by atoms with E-state index in [4.69, 9.17) is 0 Å². The van der Waals surface area contributed by atoms with E-state index < -0.39 is 0 Å². The average molecular weight is 489 g/mol. The zero-order valence-electron chi connectivity index (χ0n) is 16.6. The number of fused-ring (bicyclic) bond motifs is 2. The van der Waals surface area contributed by atoms with Gasteiger partial charge in [0.2, 0.25) is 0 Å². The topological polar surface area (TPSA) is 52.0 Å². The van der Waals surface area contributed by atoms with E-state index in [-0.39, 0.29) is 17.9 Å². The van der Waals surface area contributed by atoms with Gasteiger partial charge in [-0.15, -0.1) is 11.3 Å². The summed E-state index contributed by atoms with van der Waals surface area (Å²) in [5, 5.41) is 2.64. The van der Waals surface area contributed by atoms with Crippen LogP contribution in [0.1, 0.15) is 15.2 Å². The first-order valence-electron chi connectivity index (χ1n) is 9.78. The molecule has 0 bridgehead atoms. The third-order valence-corrected chi connectivity index (χ3v) is 6.91. The van der Waals surface area contributed by atoms with Crippen LogP contribution in [-0.2, 0) is 6.54 Å². The Labute approximate surface area is 190 Å². The fourth-order valence-electron chi connectivity index (χ4n) is 3.82. The van der Waals surface area contributed by atoms with E-state index in [1.807, 2.05) is 73.7 Å². The minimum atomic E-state index is -0.193. The van der Waals surface area contributed by atoms with E-state index in [2.05, 4.69) is 20.9 Å². The molecule has 0 saturated heterocycles. The van der Waals surface area contributed by atoms with Gasteiger partial charge in [0, 0.05) is 20.5 Å². The first-order chi connectivity index (χ1) is 15.0. The van der Waals surface area contributed by atoms with E-state index in [1.165, 1.54) is 22.2 Å². The maximum atomic E-state index is 13.4. The molecule has 152 valence electrons. The number of benzene rings is 3. The molecule has 0 aliphatic heterocycles. The second-order valence-corrected chi connectivity index (χ2v) is 9.50. The van der Waals surface area contributed by atoms with Gasteiger partial charge in [0.05, 0.1) is 18.3 Å². The van der Waals surface area contributed by atoms with Crippen LogP contribution in [0.15, 0.2) is 82.3 Å². The van der Waals surface area contributed by atoms with Gasteiger partial charge in [0.1, 0.15) is 4.83 Å². The first-order valence-corrected chi connectivity index (χ1v) is 11.4. The highest BCUT2D eigenvalue weighted by Crippen LogP contribution is 2.35. The van der Waals surface area contributed by atoms with E-state index in [1.54, 1.807) is 0 Å². The molecule has 0 saturated carbocycles. The second-order valence-electron chi connectivity index (χ2n) is 7.38. The number of rotatable bonds is 4. The fraction of sp³-hybridized carbons (Fsp3) is 0.0800. The monoisotopic (exact) mass is 488 g/mol. The van der Waals surface area contributed by atoms with Crippen molar-refractivity contribution in [1.29, 1.82) is 0 Å². The minimum Gasteiger partial charge on any atom is -0.292 e. The third-order valence-electron chi connectivity index (χ3n) is 5.37. The van der Waals surface area contributed by atoms with Gasteiger partial charge in [-0.3, -0.25) is 14.2 Å². The number of nitrogens with zero attached hydrogens (tertiary/aromatic N) is 2. The molecule has 2 heterocycles. The Bertz CT molecular complexity index is 1520. The molecule has 2 aromatic heterocycles. The number of Topliss-reactive ketones (excluding diaryl/α,β-unsaturated/α-hetero) is 1. The lowest BCUT2D eigenvalue weighted by Crippen LogP contribution is -2.24. The molecule has 0 atom stereocenters. The van der Waals surface area contributed by atoms with Crippen LogP contribution in [0.3, 0.4) is 0 Å². The zero-order chi connectivity index (χ0) is 21.5. The Hall–Kier alpha value is -3.09.